The van der Waals surface area contributed by atoms with Crippen LogP contribution in [0.2, 0.25) is 0 Å². The molecule has 3 rings (SSSR count). The largest absolute Gasteiger partial charge is 0.298 e. The Balaban J connectivity index is 2.05. The highest BCUT2D eigenvalue weighted by Gasteiger charge is 2.16. The molecule has 3 aromatic rings. The van der Waals surface area contributed by atoms with Gasteiger partial charge < -0.3 is 0 Å². The third-order valence-corrected chi connectivity index (χ3v) is 4.07. The third-order valence-electron chi connectivity index (χ3n) is 3.40. The van der Waals surface area contributed by atoms with Crippen molar-refractivity contribution in [2.75, 3.05) is 6.26 Å². The summed E-state index contributed by atoms with van der Waals surface area (Å²) in [6.07, 6.45) is 1.93. The van der Waals surface area contributed by atoms with E-state index in [-0.39, 0.29) is 5.69 Å². The van der Waals surface area contributed by atoms with Gasteiger partial charge >= 0.3 is 0 Å². The van der Waals surface area contributed by atoms with Gasteiger partial charge in [0.1, 0.15) is 0 Å². The predicted molar refractivity (Wildman–Crippen MR) is 89.4 cm³/mol. The molecule has 0 unspecified atom stereocenters. The molecule has 7 heteroatoms. The van der Waals surface area contributed by atoms with Crippen LogP contribution in [0.5, 0.6) is 0 Å². The first-order valence-corrected chi connectivity index (χ1v) is 8.17. The summed E-state index contributed by atoms with van der Waals surface area (Å²) >= 11 is 1.50. The molecule has 116 valence electrons. The van der Waals surface area contributed by atoms with Gasteiger partial charge in [0.2, 0.25) is 0 Å². The van der Waals surface area contributed by atoms with E-state index in [4.69, 9.17) is 0 Å². The van der Waals surface area contributed by atoms with Crippen LogP contribution < -0.4 is 0 Å². The van der Waals surface area contributed by atoms with Crippen molar-refractivity contribution in [3.8, 4) is 11.4 Å². The molecule has 1 heterocycles. The van der Waals surface area contributed by atoms with Gasteiger partial charge in [-0.05, 0) is 11.8 Å². The maximum atomic E-state index is 11.0. The summed E-state index contributed by atoms with van der Waals surface area (Å²) in [5.74, 6) is 0.627. The lowest BCUT2D eigenvalue weighted by Gasteiger charge is -2.09. The van der Waals surface area contributed by atoms with Crippen LogP contribution in [0.15, 0.2) is 59.8 Å². The molecule has 0 radical (unpaired) electrons. The van der Waals surface area contributed by atoms with E-state index in [9.17, 15) is 10.1 Å². The van der Waals surface area contributed by atoms with Crippen molar-refractivity contribution in [2.45, 2.75) is 11.7 Å². The van der Waals surface area contributed by atoms with E-state index < -0.39 is 4.92 Å². The first-order valence-electron chi connectivity index (χ1n) is 6.95. The molecule has 2 aromatic carbocycles. The van der Waals surface area contributed by atoms with E-state index in [0.29, 0.717) is 17.9 Å². The van der Waals surface area contributed by atoms with Gasteiger partial charge in [-0.25, -0.2) is 0 Å². The minimum Gasteiger partial charge on any atom is -0.298 e. The van der Waals surface area contributed by atoms with Crippen molar-refractivity contribution in [2.24, 2.45) is 0 Å². The highest BCUT2D eigenvalue weighted by Crippen LogP contribution is 2.26. The lowest BCUT2D eigenvalue weighted by Crippen LogP contribution is -2.04. The molecular formula is C16H14N4O2S. The molecule has 1 aromatic heterocycles. The number of hydrogen-bond acceptors (Lipinski definition) is 5. The number of nitro benzene ring substituents is 1. The lowest BCUT2D eigenvalue weighted by atomic mass is 10.1. The first kappa shape index (κ1) is 15.2. The molecule has 0 atom stereocenters. The molecule has 0 N–H and O–H groups in total. The fourth-order valence-corrected chi connectivity index (χ4v) is 2.81. The average molecular weight is 326 g/mol. The maximum Gasteiger partial charge on any atom is 0.270 e. The second-order valence-electron chi connectivity index (χ2n) is 4.89. The van der Waals surface area contributed by atoms with Crippen molar-refractivity contribution in [3.05, 3.63) is 70.3 Å². The summed E-state index contributed by atoms with van der Waals surface area (Å²) in [5.41, 5.74) is 1.85. The van der Waals surface area contributed by atoms with Crippen LogP contribution in [-0.2, 0) is 6.54 Å². The minimum atomic E-state index is -0.406. The summed E-state index contributed by atoms with van der Waals surface area (Å²) in [4.78, 5) is 10.6. The molecule has 0 fully saturated rings. The summed E-state index contributed by atoms with van der Waals surface area (Å²) in [5, 5.41) is 20.2. The quantitative estimate of drug-likeness (QED) is 0.407. The predicted octanol–water partition coefficient (Wildman–Crippen LogP) is 3.62. The fraction of sp³-hybridized carbons (Fsp3) is 0.125. The fourth-order valence-electron chi connectivity index (χ4n) is 2.32. The summed E-state index contributed by atoms with van der Waals surface area (Å²) in [6.45, 7) is 0.613. The molecule has 0 bridgehead atoms. The smallest absolute Gasteiger partial charge is 0.270 e. The van der Waals surface area contributed by atoms with Crippen LogP contribution in [-0.4, -0.2) is 25.9 Å². The monoisotopic (exact) mass is 326 g/mol. The first-order chi connectivity index (χ1) is 11.2. The van der Waals surface area contributed by atoms with Crippen molar-refractivity contribution < 1.29 is 4.92 Å². The van der Waals surface area contributed by atoms with E-state index in [0.717, 1.165) is 10.7 Å². The summed E-state index contributed by atoms with van der Waals surface area (Å²) in [7, 11) is 0. The summed E-state index contributed by atoms with van der Waals surface area (Å²) in [6, 6.07) is 16.4. The Kier molecular flexibility index (Phi) is 4.38. The van der Waals surface area contributed by atoms with Gasteiger partial charge in [-0.1, -0.05) is 54.2 Å². The van der Waals surface area contributed by atoms with E-state index in [1.165, 1.54) is 23.9 Å². The number of benzene rings is 2. The summed E-state index contributed by atoms with van der Waals surface area (Å²) < 4.78 is 1.97. The molecule has 0 aliphatic carbocycles. The van der Waals surface area contributed by atoms with E-state index >= 15 is 0 Å². The van der Waals surface area contributed by atoms with Crippen molar-refractivity contribution in [3.63, 3.8) is 0 Å². The maximum absolute atomic E-state index is 11.0. The lowest BCUT2D eigenvalue weighted by molar-refractivity contribution is -0.384. The van der Waals surface area contributed by atoms with Gasteiger partial charge in [0, 0.05) is 17.7 Å². The third kappa shape index (κ3) is 3.24. The van der Waals surface area contributed by atoms with E-state index in [2.05, 4.69) is 10.2 Å². The molecule has 0 amide bonds. The normalized spacial score (nSPS) is 10.7. The van der Waals surface area contributed by atoms with Crippen LogP contribution in [0.25, 0.3) is 11.4 Å². The number of non-ortho nitro benzene ring substituents is 1. The molecule has 0 aliphatic heterocycles. The van der Waals surface area contributed by atoms with Gasteiger partial charge in [-0.15, -0.1) is 10.2 Å². The standard InChI is InChI=1S/C16H14N4O2S/c1-23-16-18-17-15(13-8-5-9-14(10-13)20(21)22)19(16)11-12-6-3-2-4-7-12/h2-10H,11H2,1H3. The Bertz CT molecular complexity index is 833. The van der Waals surface area contributed by atoms with Crippen LogP contribution in [0.1, 0.15) is 5.56 Å². The molecule has 0 spiro atoms. The topological polar surface area (TPSA) is 73.8 Å². The number of nitro groups is 1. The van der Waals surface area contributed by atoms with E-state index in [1.807, 2.05) is 47.2 Å². The van der Waals surface area contributed by atoms with Crippen molar-refractivity contribution >= 4 is 17.4 Å². The molecular weight excluding hydrogens is 312 g/mol. The molecule has 0 saturated heterocycles. The Hall–Kier alpha value is -2.67. The number of aromatic nitrogens is 3. The SMILES string of the molecule is CSc1nnc(-c2cccc([N+](=O)[O-])c2)n1Cc1ccccc1. The van der Waals surface area contributed by atoms with Gasteiger partial charge in [-0.3, -0.25) is 14.7 Å². The van der Waals surface area contributed by atoms with E-state index in [1.54, 1.807) is 6.07 Å². The number of hydrogen-bond donors (Lipinski definition) is 0. The van der Waals surface area contributed by atoms with Gasteiger partial charge in [0.25, 0.3) is 5.69 Å². The zero-order chi connectivity index (χ0) is 16.2. The van der Waals surface area contributed by atoms with Crippen molar-refractivity contribution in [1.82, 2.24) is 14.8 Å². The Morgan fingerprint density at radius 3 is 2.61 bits per heavy atom. The second kappa shape index (κ2) is 6.62. The zero-order valence-corrected chi connectivity index (χ0v) is 13.2. The minimum absolute atomic E-state index is 0.0439. The Morgan fingerprint density at radius 1 is 1.13 bits per heavy atom. The Morgan fingerprint density at radius 2 is 1.91 bits per heavy atom. The Labute approximate surface area is 137 Å². The highest BCUT2D eigenvalue weighted by molar-refractivity contribution is 7.98. The highest BCUT2D eigenvalue weighted by atomic mass is 32.2. The van der Waals surface area contributed by atoms with Crippen LogP contribution in [0.3, 0.4) is 0 Å². The van der Waals surface area contributed by atoms with Crippen LogP contribution in [0.4, 0.5) is 5.69 Å². The molecule has 0 aliphatic rings. The molecule has 23 heavy (non-hydrogen) atoms. The van der Waals surface area contributed by atoms with Crippen LogP contribution >= 0.6 is 11.8 Å². The average Bonchev–Trinajstić information content (AvgIpc) is 2.98. The number of thioether (sulfide) groups is 1. The number of nitrogens with zero attached hydrogens (tertiary/aromatic N) is 4. The van der Waals surface area contributed by atoms with Crippen molar-refractivity contribution in [1.29, 1.82) is 0 Å². The van der Waals surface area contributed by atoms with Gasteiger partial charge in [-0.2, -0.15) is 0 Å². The zero-order valence-electron chi connectivity index (χ0n) is 12.4. The molecule has 6 nitrogen and oxygen atoms in total. The van der Waals surface area contributed by atoms with Crippen LogP contribution in [0, 0.1) is 10.1 Å². The second-order valence-corrected chi connectivity index (χ2v) is 5.66. The molecule has 0 saturated carbocycles. The van der Waals surface area contributed by atoms with Gasteiger partial charge in [0.05, 0.1) is 11.5 Å². The van der Waals surface area contributed by atoms with Gasteiger partial charge in [0.15, 0.2) is 11.0 Å². The number of rotatable bonds is 5.